The van der Waals surface area contributed by atoms with Crippen molar-refractivity contribution < 1.29 is 4.79 Å². The zero-order valence-corrected chi connectivity index (χ0v) is 10.8. The number of tetrazole rings is 1. The van der Waals surface area contributed by atoms with Gasteiger partial charge in [0.15, 0.2) is 0 Å². The Morgan fingerprint density at radius 1 is 1.19 bits per heavy atom. The highest BCUT2D eigenvalue weighted by Crippen LogP contribution is 2.23. The second-order valence-corrected chi connectivity index (χ2v) is 4.33. The Morgan fingerprint density at radius 2 is 2.05 bits per heavy atom. The molecule has 3 rings (SSSR count). The normalized spacial score (nSPS) is 10.5. The Balaban J connectivity index is 2.07. The first-order chi connectivity index (χ1) is 10.1. The van der Waals surface area contributed by atoms with E-state index in [1.54, 1.807) is 12.3 Å². The summed E-state index contributed by atoms with van der Waals surface area (Å²) in [6, 6.07) is 9.08. The zero-order chi connectivity index (χ0) is 14.8. The van der Waals surface area contributed by atoms with Crippen LogP contribution in [0.4, 0.5) is 5.82 Å². The quantitative estimate of drug-likeness (QED) is 0.716. The van der Waals surface area contributed by atoms with E-state index in [0.29, 0.717) is 0 Å². The maximum absolute atomic E-state index is 11.3. The average Bonchev–Trinajstić information content (AvgIpc) is 3.02. The van der Waals surface area contributed by atoms with Crippen molar-refractivity contribution in [2.45, 2.75) is 0 Å². The fraction of sp³-hybridized carbons (Fsp3) is 0. The minimum atomic E-state index is -0.613. The van der Waals surface area contributed by atoms with Crippen LogP contribution in [0.2, 0.25) is 0 Å². The van der Waals surface area contributed by atoms with Crippen molar-refractivity contribution in [1.82, 2.24) is 25.2 Å². The number of hydrogen-bond acceptors (Lipinski definition) is 6. The van der Waals surface area contributed by atoms with Gasteiger partial charge in [-0.25, -0.2) is 9.67 Å². The first kappa shape index (κ1) is 12.7. The summed E-state index contributed by atoms with van der Waals surface area (Å²) >= 11 is 0. The monoisotopic (exact) mass is 281 g/mol. The van der Waals surface area contributed by atoms with Crippen LogP contribution in [-0.2, 0) is 0 Å². The maximum atomic E-state index is 11.3. The van der Waals surface area contributed by atoms with Crippen LogP contribution < -0.4 is 11.5 Å². The van der Waals surface area contributed by atoms with E-state index in [0.717, 1.165) is 16.8 Å². The number of hydrogen-bond donors (Lipinski definition) is 2. The summed E-state index contributed by atoms with van der Waals surface area (Å²) in [5.74, 6) is -0.499. The molecule has 0 saturated heterocycles. The SMILES string of the molecule is NC(=O)c1cc(-c2cccc(-n3cnnn3)c2)cnc1N. The predicted octanol–water partition coefficient (Wildman–Crippen LogP) is 0.405. The molecule has 1 aromatic carbocycles. The van der Waals surface area contributed by atoms with Gasteiger partial charge in [0.05, 0.1) is 11.3 Å². The van der Waals surface area contributed by atoms with E-state index in [-0.39, 0.29) is 11.4 Å². The smallest absolute Gasteiger partial charge is 0.252 e. The van der Waals surface area contributed by atoms with Crippen LogP contribution in [0, 0.1) is 0 Å². The summed E-state index contributed by atoms with van der Waals surface area (Å²) in [5, 5.41) is 11.0. The summed E-state index contributed by atoms with van der Waals surface area (Å²) in [4.78, 5) is 15.3. The number of nitrogens with zero attached hydrogens (tertiary/aromatic N) is 5. The highest BCUT2D eigenvalue weighted by molar-refractivity contribution is 5.98. The fourth-order valence-corrected chi connectivity index (χ4v) is 1.94. The van der Waals surface area contributed by atoms with Gasteiger partial charge in [0.2, 0.25) is 0 Å². The molecule has 21 heavy (non-hydrogen) atoms. The molecule has 0 aliphatic carbocycles. The molecular formula is C13H11N7O. The number of nitrogen functional groups attached to an aromatic ring is 1. The van der Waals surface area contributed by atoms with E-state index in [2.05, 4.69) is 20.5 Å². The Hall–Kier alpha value is -3.29. The van der Waals surface area contributed by atoms with E-state index in [1.165, 1.54) is 11.0 Å². The van der Waals surface area contributed by atoms with E-state index in [4.69, 9.17) is 11.5 Å². The van der Waals surface area contributed by atoms with Gasteiger partial charge in [-0.05, 0) is 34.2 Å². The fourth-order valence-electron chi connectivity index (χ4n) is 1.94. The molecule has 0 unspecified atom stereocenters. The molecule has 2 aromatic heterocycles. The van der Waals surface area contributed by atoms with Gasteiger partial charge in [0, 0.05) is 11.8 Å². The van der Waals surface area contributed by atoms with E-state index < -0.39 is 5.91 Å². The molecule has 0 bridgehead atoms. The van der Waals surface area contributed by atoms with Crippen molar-refractivity contribution in [3.8, 4) is 16.8 Å². The first-order valence-corrected chi connectivity index (χ1v) is 6.04. The molecule has 0 spiro atoms. The molecule has 0 atom stereocenters. The number of rotatable bonds is 3. The number of carbonyl (C=O) groups is 1. The van der Waals surface area contributed by atoms with Crippen LogP contribution in [0.3, 0.4) is 0 Å². The number of primary amides is 1. The highest BCUT2D eigenvalue weighted by Gasteiger charge is 2.10. The molecule has 8 nitrogen and oxygen atoms in total. The van der Waals surface area contributed by atoms with Crippen molar-refractivity contribution in [3.63, 3.8) is 0 Å². The zero-order valence-electron chi connectivity index (χ0n) is 10.8. The molecule has 4 N–H and O–H groups in total. The van der Waals surface area contributed by atoms with Crippen LogP contribution in [-0.4, -0.2) is 31.1 Å². The number of anilines is 1. The minimum absolute atomic E-state index is 0.114. The molecule has 0 radical (unpaired) electrons. The van der Waals surface area contributed by atoms with Gasteiger partial charge in [0.25, 0.3) is 5.91 Å². The lowest BCUT2D eigenvalue weighted by Crippen LogP contribution is -2.14. The second-order valence-electron chi connectivity index (χ2n) is 4.33. The summed E-state index contributed by atoms with van der Waals surface area (Å²) < 4.78 is 1.53. The molecular weight excluding hydrogens is 270 g/mol. The van der Waals surface area contributed by atoms with Gasteiger partial charge >= 0.3 is 0 Å². The Kier molecular flexibility index (Phi) is 3.03. The molecule has 104 valence electrons. The van der Waals surface area contributed by atoms with Crippen LogP contribution >= 0.6 is 0 Å². The van der Waals surface area contributed by atoms with Crippen LogP contribution in [0.25, 0.3) is 16.8 Å². The van der Waals surface area contributed by atoms with E-state index in [9.17, 15) is 4.79 Å². The summed E-state index contributed by atoms with van der Waals surface area (Å²) in [6.07, 6.45) is 3.08. The van der Waals surface area contributed by atoms with Gasteiger partial charge in [-0.15, -0.1) is 5.10 Å². The van der Waals surface area contributed by atoms with E-state index >= 15 is 0 Å². The summed E-state index contributed by atoms with van der Waals surface area (Å²) in [6.45, 7) is 0. The van der Waals surface area contributed by atoms with Crippen molar-refractivity contribution >= 4 is 11.7 Å². The lowest BCUT2D eigenvalue weighted by atomic mass is 10.0. The summed E-state index contributed by atoms with van der Waals surface area (Å²) in [5.41, 5.74) is 13.5. The topological polar surface area (TPSA) is 126 Å². The molecule has 1 amide bonds. The highest BCUT2D eigenvalue weighted by atomic mass is 16.1. The standard InChI is InChI=1S/C13H11N7O/c14-12-11(13(15)21)5-9(6-16-12)8-2-1-3-10(4-8)20-7-17-18-19-20/h1-7H,(H2,14,16)(H2,15,21). The number of amides is 1. The van der Waals surface area contributed by atoms with Crippen molar-refractivity contribution in [1.29, 1.82) is 0 Å². The first-order valence-electron chi connectivity index (χ1n) is 6.04. The second kappa shape index (κ2) is 5.00. The number of pyridine rings is 1. The number of carbonyl (C=O) groups excluding carboxylic acids is 1. The van der Waals surface area contributed by atoms with Crippen LogP contribution in [0.15, 0.2) is 42.9 Å². The molecule has 2 heterocycles. The molecule has 0 aliphatic heterocycles. The van der Waals surface area contributed by atoms with Crippen molar-refractivity contribution in [2.75, 3.05) is 5.73 Å². The van der Waals surface area contributed by atoms with Gasteiger partial charge in [-0.2, -0.15) is 0 Å². The molecule has 0 fully saturated rings. The van der Waals surface area contributed by atoms with Gasteiger partial charge in [-0.1, -0.05) is 12.1 Å². The molecule has 0 saturated carbocycles. The molecule has 8 heteroatoms. The Morgan fingerprint density at radius 3 is 2.76 bits per heavy atom. The third-order valence-electron chi connectivity index (χ3n) is 2.98. The van der Waals surface area contributed by atoms with Crippen LogP contribution in [0.5, 0.6) is 0 Å². The maximum Gasteiger partial charge on any atom is 0.252 e. The average molecular weight is 281 g/mol. The van der Waals surface area contributed by atoms with Crippen molar-refractivity contribution in [2.24, 2.45) is 5.73 Å². The van der Waals surface area contributed by atoms with Gasteiger partial charge in [-0.3, -0.25) is 4.79 Å². The van der Waals surface area contributed by atoms with Gasteiger partial charge < -0.3 is 11.5 Å². The Labute approximate surface area is 119 Å². The minimum Gasteiger partial charge on any atom is -0.383 e. The predicted molar refractivity (Wildman–Crippen MR) is 75.3 cm³/mol. The lowest BCUT2D eigenvalue weighted by Gasteiger charge is -2.07. The number of aromatic nitrogens is 5. The third kappa shape index (κ3) is 2.41. The summed E-state index contributed by atoms with van der Waals surface area (Å²) in [7, 11) is 0. The van der Waals surface area contributed by atoms with Gasteiger partial charge in [0.1, 0.15) is 12.1 Å². The number of benzene rings is 1. The largest absolute Gasteiger partial charge is 0.383 e. The molecule has 3 aromatic rings. The number of nitrogens with two attached hydrogens (primary N) is 2. The van der Waals surface area contributed by atoms with Crippen LogP contribution in [0.1, 0.15) is 10.4 Å². The molecule has 0 aliphatic rings. The van der Waals surface area contributed by atoms with E-state index in [1.807, 2.05) is 24.3 Å². The van der Waals surface area contributed by atoms with Crippen molar-refractivity contribution in [3.05, 3.63) is 48.4 Å². The lowest BCUT2D eigenvalue weighted by molar-refractivity contribution is 0.100. The third-order valence-corrected chi connectivity index (χ3v) is 2.98. The Bertz CT molecular complexity index is 798.